The van der Waals surface area contributed by atoms with Crippen LogP contribution >= 0.6 is 0 Å². The lowest BCUT2D eigenvalue weighted by molar-refractivity contribution is 0.120. The van der Waals surface area contributed by atoms with Crippen LogP contribution in [0.1, 0.15) is 38.2 Å². The van der Waals surface area contributed by atoms with Gasteiger partial charge in [-0.3, -0.25) is 0 Å². The third-order valence-electron chi connectivity index (χ3n) is 3.39. The summed E-state index contributed by atoms with van der Waals surface area (Å²) in [4.78, 5) is 0. The molecule has 0 aliphatic heterocycles. The molecule has 2 rings (SSSR count). The number of aliphatic hydroxyl groups excluding tert-OH is 1. The van der Waals surface area contributed by atoms with Gasteiger partial charge in [-0.1, -0.05) is 25.5 Å². The maximum Gasteiger partial charge on any atom is 0.165 e. The van der Waals surface area contributed by atoms with Crippen LogP contribution < -0.4 is 4.74 Å². The fourth-order valence-corrected chi connectivity index (χ4v) is 2.46. The Bertz CT molecular complexity index is 378. The highest BCUT2D eigenvalue weighted by Gasteiger charge is 2.22. The van der Waals surface area contributed by atoms with Gasteiger partial charge in [0.15, 0.2) is 11.6 Å². The Kier molecular flexibility index (Phi) is 4.00. The summed E-state index contributed by atoms with van der Waals surface area (Å²) in [5.74, 6) is 0.488. The van der Waals surface area contributed by atoms with Gasteiger partial charge in [-0.2, -0.15) is 0 Å². The zero-order chi connectivity index (χ0) is 12.3. The molecule has 1 aliphatic rings. The predicted octanol–water partition coefficient (Wildman–Crippen LogP) is 3.28. The van der Waals surface area contributed by atoms with E-state index in [1.807, 2.05) is 0 Å². The molecule has 0 spiro atoms. The molecule has 0 heterocycles. The molecule has 0 radical (unpaired) electrons. The Morgan fingerprint density at radius 3 is 2.94 bits per heavy atom. The molecule has 0 amide bonds. The molecule has 0 bridgehead atoms. The fraction of sp³-hybridized carbons (Fsp3) is 0.571. The normalized spacial score (nSPS) is 24.6. The smallest absolute Gasteiger partial charge is 0.165 e. The third kappa shape index (κ3) is 2.97. The lowest BCUT2D eigenvalue weighted by Gasteiger charge is -2.28. The van der Waals surface area contributed by atoms with Crippen molar-refractivity contribution >= 4 is 0 Å². The van der Waals surface area contributed by atoms with E-state index in [1.54, 1.807) is 12.1 Å². The first-order valence-corrected chi connectivity index (χ1v) is 6.25. The van der Waals surface area contributed by atoms with Gasteiger partial charge < -0.3 is 9.84 Å². The van der Waals surface area contributed by atoms with Crippen molar-refractivity contribution in [2.24, 2.45) is 5.92 Å². The minimum Gasteiger partial charge on any atom is -0.487 e. The number of rotatable bonds is 3. The maximum absolute atomic E-state index is 13.7. The summed E-state index contributed by atoms with van der Waals surface area (Å²) in [6.45, 7) is 2.01. The summed E-state index contributed by atoms with van der Waals surface area (Å²) in [6, 6.07) is 4.67. The minimum atomic E-state index is -0.380. The Morgan fingerprint density at radius 2 is 2.24 bits per heavy atom. The van der Waals surface area contributed by atoms with E-state index >= 15 is 0 Å². The van der Waals surface area contributed by atoms with E-state index in [4.69, 9.17) is 4.74 Å². The molecule has 1 fully saturated rings. The minimum absolute atomic E-state index is 0.0842. The summed E-state index contributed by atoms with van der Waals surface area (Å²) in [5.41, 5.74) is 0.531. The summed E-state index contributed by atoms with van der Waals surface area (Å²) < 4.78 is 19.4. The van der Waals surface area contributed by atoms with Crippen LogP contribution in [0.5, 0.6) is 5.75 Å². The number of halogens is 1. The molecular weight excluding hydrogens is 219 g/mol. The topological polar surface area (TPSA) is 29.5 Å². The average molecular weight is 238 g/mol. The van der Waals surface area contributed by atoms with Gasteiger partial charge >= 0.3 is 0 Å². The first-order valence-electron chi connectivity index (χ1n) is 6.25. The second kappa shape index (κ2) is 5.50. The molecule has 1 aliphatic carbocycles. The predicted molar refractivity (Wildman–Crippen MR) is 64.4 cm³/mol. The van der Waals surface area contributed by atoms with E-state index < -0.39 is 0 Å². The van der Waals surface area contributed by atoms with Gasteiger partial charge in [-0.25, -0.2) is 4.39 Å². The lowest BCUT2D eigenvalue weighted by atomic mass is 9.88. The van der Waals surface area contributed by atoms with E-state index in [1.165, 1.54) is 12.5 Å². The number of para-hydroxylation sites is 1. The zero-order valence-electron chi connectivity index (χ0n) is 10.2. The van der Waals surface area contributed by atoms with Gasteiger partial charge in [0, 0.05) is 5.56 Å². The molecule has 3 heteroatoms. The van der Waals surface area contributed by atoms with Gasteiger partial charge in [0.05, 0.1) is 12.7 Å². The number of benzene rings is 1. The van der Waals surface area contributed by atoms with Crippen LogP contribution in [0.4, 0.5) is 4.39 Å². The van der Waals surface area contributed by atoms with Crippen molar-refractivity contribution in [1.82, 2.24) is 0 Å². The second-order valence-corrected chi connectivity index (χ2v) is 4.90. The molecule has 1 aromatic carbocycles. The maximum atomic E-state index is 13.7. The summed E-state index contributed by atoms with van der Waals surface area (Å²) >= 11 is 0. The van der Waals surface area contributed by atoms with Crippen LogP contribution in [0.3, 0.4) is 0 Å². The fourth-order valence-electron chi connectivity index (χ4n) is 2.46. The molecule has 2 unspecified atom stereocenters. The van der Waals surface area contributed by atoms with Crippen LogP contribution in [0.15, 0.2) is 18.2 Å². The number of ether oxygens (including phenoxy) is 1. The number of aliphatic hydroxyl groups is 1. The molecule has 0 aromatic heterocycles. The SMILES string of the molecule is CC1CCCC(Oc2c(F)cccc2CO)C1. The second-order valence-electron chi connectivity index (χ2n) is 4.90. The number of hydrogen-bond acceptors (Lipinski definition) is 2. The molecule has 1 saturated carbocycles. The Hall–Kier alpha value is -1.09. The van der Waals surface area contributed by atoms with E-state index in [-0.39, 0.29) is 24.3 Å². The number of hydrogen-bond donors (Lipinski definition) is 1. The van der Waals surface area contributed by atoms with E-state index in [0.717, 1.165) is 19.3 Å². The van der Waals surface area contributed by atoms with Gasteiger partial charge in [-0.15, -0.1) is 0 Å². The van der Waals surface area contributed by atoms with E-state index in [9.17, 15) is 9.50 Å². The first-order chi connectivity index (χ1) is 8.20. The third-order valence-corrected chi connectivity index (χ3v) is 3.39. The largest absolute Gasteiger partial charge is 0.487 e. The average Bonchev–Trinajstić information content (AvgIpc) is 2.32. The van der Waals surface area contributed by atoms with Gasteiger partial charge in [-0.05, 0) is 31.2 Å². The van der Waals surface area contributed by atoms with Crippen LogP contribution in [0, 0.1) is 11.7 Å². The molecule has 1 N–H and O–H groups in total. The highest BCUT2D eigenvalue weighted by molar-refractivity contribution is 5.34. The molecule has 17 heavy (non-hydrogen) atoms. The van der Waals surface area contributed by atoms with Gasteiger partial charge in [0.25, 0.3) is 0 Å². The zero-order valence-corrected chi connectivity index (χ0v) is 10.2. The molecule has 94 valence electrons. The van der Waals surface area contributed by atoms with Crippen molar-refractivity contribution < 1.29 is 14.2 Å². The highest BCUT2D eigenvalue weighted by atomic mass is 19.1. The van der Waals surface area contributed by atoms with Crippen molar-refractivity contribution in [3.8, 4) is 5.75 Å². The molecule has 2 atom stereocenters. The monoisotopic (exact) mass is 238 g/mol. The van der Waals surface area contributed by atoms with Crippen LogP contribution in [-0.2, 0) is 6.61 Å². The molecular formula is C14H19FO2. The Balaban J connectivity index is 2.12. The Labute approximate surface area is 101 Å². The van der Waals surface area contributed by atoms with Crippen molar-refractivity contribution in [3.05, 3.63) is 29.6 Å². The molecule has 0 saturated heterocycles. The lowest BCUT2D eigenvalue weighted by Crippen LogP contribution is -2.25. The van der Waals surface area contributed by atoms with Gasteiger partial charge in [0.1, 0.15) is 0 Å². The van der Waals surface area contributed by atoms with Crippen molar-refractivity contribution in [1.29, 1.82) is 0 Å². The van der Waals surface area contributed by atoms with Gasteiger partial charge in [0.2, 0.25) is 0 Å². The first kappa shape index (κ1) is 12.4. The van der Waals surface area contributed by atoms with E-state index in [0.29, 0.717) is 11.5 Å². The standard InChI is InChI=1S/C14H19FO2/c1-10-4-2-6-12(8-10)17-14-11(9-16)5-3-7-13(14)15/h3,5,7,10,12,16H,2,4,6,8-9H2,1H3. The van der Waals surface area contributed by atoms with Crippen LogP contribution in [0.2, 0.25) is 0 Å². The van der Waals surface area contributed by atoms with Crippen LogP contribution in [0.25, 0.3) is 0 Å². The van der Waals surface area contributed by atoms with Crippen molar-refractivity contribution in [2.45, 2.75) is 45.3 Å². The summed E-state index contributed by atoms with van der Waals surface area (Å²) in [5, 5.41) is 9.18. The van der Waals surface area contributed by atoms with Crippen molar-refractivity contribution in [2.75, 3.05) is 0 Å². The highest BCUT2D eigenvalue weighted by Crippen LogP contribution is 2.30. The quantitative estimate of drug-likeness (QED) is 0.875. The summed E-state index contributed by atoms with van der Waals surface area (Å²) in [6.07, 6.45) is 4.39. The molecule has 2 nitrogen and oxygen atoms in total. The van der Waals surface area contributed by atoms with E-state index in [2.05, 4.69) is 6.92 Å². The Morgan fingerprint density at radius 1 is 1.41 bits per heavy atom. The molecule has 1 aromatic rings. The van der Waals surface area contributed by atoms with Crippen molar-refractivity contribution in [3.63, 3.8) is 0 Å². The van der Waals surface area contributed by atoms with Crippen LogP contribution in [-0.4, -0.2) is 11.2 Å². The summed E-state index contributed by atoms with van der Waals surface area (Å²) in [7, 11) is 0.